The number of pyridine rings is 2. The van der Waals surface area contributed by atoms with Gasteiger partial charge in [0.1, 0.15) is 10.6 Å². The highest BCUT2D eigenvalue weighted by atomic mass is 32.2. The van der Waals surface area contributed by atoms with Crippen LogP contribution in [0.1, 0.15) is 11.1 Å². The molecule has 0 amide bonds. The Kier molecular flexibility index (Phi) is 8.70. The Balaban J connectivity index is 0.000000440. The molecule has 0 saturated carbocycles. The average molecular weight is 494 g/mol. The molecule has 0 spiro atoms. The van der Waals surface area contributed by atoms with E-state index in [4.69, 9.17) is 10.2 Å². The molecule has 3 N–H and O–H groups in total. The summed E-state index contributed by atoms with van der Waals surface area (Å²) in [6.45, 7) is 1.77. The van der Waals surface area contributed by atoms with E-state index in [1.54, 1.807) is 14.0 Å². The molecule has 0 bridgehead atoms. The lowest BCUT2D eigenvalue weighted by molar-refractivity contribution is -0.134. The third-order valence-corrected chi connectivity index (χ3v) is 5.76. The monoisotopic (exact) mass is 494 g/mol. The van der Waals surface area contributed by atoms with Gasteiger partial charge in [0.15, 0.2) is 5.82 Å². The highest BCUT2D eigenvalue weighted by molar-refractivity contribution is 7.90. The van der Waals surface area contributed by atoms with Gasteiger partial charge in [0, 0.05) is 49.0 Å². The normalized spacial score (nSPS) is 11.2. The molecule has 34 heavy (non-hydrogen) atoms. The zero-order chi connectivity index (χ0) is 25.5. The Morgan fingerprint density at radius 3 is 2.35 bits per heavy atom. The van der Waals surface area contributed by atoms with Gasteiger partial charge in [-0.2, -0.15) is 4.39 Å². The summed E-state index contributed by atoms with van der Waals surface area (Å²) in [5.74, 6) is -4.30. The topological polar surface area (TPSA) is 151 Å². The van der Waals surface area contributed by atoms with E-state index < -0.39 is 39.4 Å². The van der Waals surface area contributed by atoms with Crippen molar-refractivity contribution in [1.29, 1.82) is 0 Å². The Bertz CT molecular complexity index is 1320. The van der Waals surface area contributed by atoms with Gasteiger partial charge in [0.05, 0.1) is 5.56 Å². The maximum Gasteiger partial charge on any atom is 0.328 e. The van der Waals surface area contributed by atoms with Crippen LogP contribution < -0.4 is 5.32 Å². The number of aryl methyl sites for hydroxylation is 1. The molecule has 0 saturated heterocycles. The molecular weight excluding hydrogens is 474 g/mol. The maximum atomic E-state index is 14.9. The van der Waals surface area contributed by atoms with Crippen molar-refractivity contribution in [3.05, 3.63) is 78.0 Å². The van der Waals surface area contributed by atoms with E-state index in [1.165, 1.54) is 36.8 Å². The van der Waals surface area contributed by atoms with E-state index in [1.807, 2.05) is 0 Å². The summed E-state index contributed by atoms with van der Waals surface area (Å²) in [7, 11) is -2.59. The smallest absolute Gasteiger partial charge is 0.328 e. The predicted octanol–water partition coefficient (Wildman–Crippen LogP) is 2.20. The quantitative estimate of drug-likeness (QED) is 0.332. The summed E-state index contributed by atoms with van der Waals surface area (Å²) in [5, 5.41) is 18.4. The van der Waals surface area contributed by atoms with Crippen LogP contribution in [0.2, 0.25) is 0 Å². The first-order chi connectivity index (χ1) is 16.0. The van der Waals surface area contributed by atoms with Crippen LogP contribution in [-0.4, -0.2) is 51.6 Å². The van der Waals surface area contributed by atoms with Crippen LogP contribution in [0.15, 0.2) is 60.0 Å². The Hall–Kier alpha value is -3.97. The highest BCUT2D eigenvalue weighted by Gasteiger charge is 2.28. The van der Waals surface area contributed by atoms with Gasteiger partial charge in [-0.3, -0.25) is 4.98 Å². The van der Waals surface area contributed by atoms with E-state index in [9.17, 15) is 26.8 Å². The van der Waals surface area contributed by atoms with Crippen molar-refractivity contribution in [2.75, 3.05) is 7.05 Å². The molecule has 3 rings (SSSR count). The van der Waals surface area contributed by atoms with Gasteiger partial charge in [0.2, 0.25) is 5.95 Å². The lowest BCUT2D eigenvalue weighted by Gasteiger charge is -2.11. The number of nitrogens with one attached hydrogen (secondary N) is 1. The minimum absolute atomic E-state index is 0.0787. The van der Waals surface area contributed by atoms with Gasteiger partial charge in [0.25, 0.3) is 10.0 Å². The van der Waals surface area contributed by atoms with E-state index in [0.29, 0.717) is 17.7 Å². The second-order valence-corrected chi connectivity index (χ2v) is 8.51. The van der Waals surface area contributed by atoms with E-state index in [0.717, 1.165) is 10.2 Å². The third-order valence-electron chi connectivity index (χ3n) is 4.14. The molecule has 0 unspecified atom stereocenters. The highest BCUT2D eigenvalue weighted by Crippen LogP contribution is 2.31. The Morgan fingerprint density at radius 2 is 1.82 bits per heavy atom. The van der Waals surface area contributed by atoms with Crippen LogP contribution >= 0.6 is 0 Å². The fraction of sp³-hybridized carbons (Fsp3) is 0.143. The lowest BCUT2D eigenvalue weighted by Crippen LogP contribution is -2.14. The number of aromatic nitrogens is 3. The van der Waals surface area contributed by atoms with Crippen molar-refractivity contribution < 1.29 is 37.0 Å². The first kappa shape index (κ1) is 26.3. The Labute approximate surface area is 193 Å². The molecule has 3 heterocycles. The van der Waals surface area contributed by atoms with Crippen molar-refractivity contribution in [3.63, 3.8) is 0 Å². The van der Waals surface area contributed by atoms with Crippen LogP contribution in [0.3, 0.4) is 0 Å². The van der Waals surface area contributed by atoms with Gasteiger partial charge in [-0.25, -0.2) is 31.4 Å². The number of rotatable bonds is 7. The summed E-state index contributed by atoms with van der Waals surface area (Å²) in [6.07, 6.45) is 6.14. The van der Waals surface area contributed by atoms with Crippen LogP contribution in [0.5, 0.6) is 0 Å². The second-order valence-electron chi connectivity index (χ2n) is 6.70. The van der Waals surface area contributed by atoms with Crippen molar-refractivity contribution in [2.24, 2.45) is 0 Å². The SMILES string of the molecule is CNCc1cn(S(=O)(=O)c2cncc(C)c2)c(-c2cccnc2F)c1F.O=C(O)C=CC(=O)O. The molecule has 0 fully saturated rings. The number of hydrogen-bond acceptors (Lipinski definition) is 7. The van der Waals surface area contributed by atoms with Gasteiger partial charge >= 0.3 is 11.9 Å². The van der Waals surface area contributed by atoms with Crippen LogP contribution in [0.25, 0.3) is 11.3 Å². The van der Waals surface area contributed by atoms with E-state index >= 15 is 0 Å². The molecule has 0 radical (unpaired) electrons. The van der Waals surface area contributed by atoms with E-state index in [-0.39, 0.29) is 22.6 Å². The van der Waals surface area contributed by atoms with Gasteiger partial charge in [-0.1, -0.05) is 0 Å². The number of carboxylic acids is 2. The summed E-state index contributed by atoms with van der Waals surface area (Å²) >= 11 is 0. The average Bonchev–Trinajstić information content (AvgIpc) is 3.10. The minimum Gasteiger partial charge on any atom is -0.478 e. The van der Waals surface area contributed by atoms with Crippen molar-refractivity contribution in [2.45, 2.75) is 18.4 Å². The standard InChI is InChI=1S/C17H16F2N4O2S.C4H4O4/c1-11-6-13(9-21-7-11)26(24,25)23-10-12(8-20-2)15(18)16(23)14-4-3-5-22-17(14)19;5-3(6)1-2-4(7)8/h3-7,9-10,20H,8H2,1-2H3;1-2H,(H,5,6)(H,7,8). The zero-order valence-electron chi connectivity index (χ0n) is 17.9. The molecule has 0 aliphatic heterocycles. The number of carbonyl (C=O) groups is 2. The molecule has 13 heteroatoms. The first-order valence-corrected chi connectivity index (χ1v) is 10.9. The minimum atomic E-state index is -4.19. The largest absolute Gasteiger partial charge is 0.478 e. The third kappa shape index (κ3) is 6.30. The number of hydrogen-bond donors (Lipinski definition) is 3. The number of halogens is 2. The molecule has 0 aliphatic carbocycles. The molecule has 0 aliphatic rings. The molecule has 3 aromatic rings. The fourth-order valence-electron chi connectivity index (χ4n) is 2.74. The lowest BCUT2D eigenvalue weighted by atomic mass is 10.2. The molecule has 10 nitrogen and oxygen atoms in total. The van der Waals surface area contributed by atoms with E-state index in [2.05, 4.69) is 15.3 Å². The van der Waals surface area contributed by atoms with Gasteiger partial charge in [-0.15, -0.1) is 0 Å². The number of nitrogens with zero attached hydrogens (tertiary/aromatic N) is 3. The first-order valence-electron chi connectivity index (χ1n) is 9.45. The summed E-state index contributed by atoms with van der Waals surface area (Å²) in [6, 6.07) is 4.11. The summed E-state index contributed by atoms with van der Waals surface area (Å²) in [4.78, 5) is 26.4. The van der Waals surface area contributed by atoms with Crippen molar-refractivity contribution >= 4 is 22.0 Å². The maximum absolute atomic E-state index is 14.9. The summed E-state index contributed by atoms with van der Waals surface area (Å²) in [5.41, 5.74) is 0.0806. The summed E-state index contributed by atoms with van der Waals surface area (Å²) < 4.78 is 56.0. The number of aliphatic carboxylic acids is 2. The molecule has 0 aromatic carbocycles. The van der Waals surface area contributed by atoms with Crippen molar-refractivity contribution in [3.8, 4) is 11.3 Å². The van der Waals surface area contributed by atoms with Gasteiger partial charge in [-0.05, 0) is 37.7 Å². The van der Waals surface area contributed by atoms with Crippen LogP contribution in [0, 0.1) is 18.7 Å². The zero-order valence-corrected chi connectivity index (χ0v) is 18.8. The van der Waals surface area contributed by atoms with Crippen LogP contribution in [-0.2, 0) is 26.2 Å². The molecule has 0 atom stereocenters. The van der Waals surface area contributed by atoms with Gasteiger partial charge < -0.3 is 15.5 Å². The van der Waals surface area contributed by atoms with Crippen molar-refractivity contribution in [1.82, 2.24) is 19.3 Å². The van der Waals surface area contributed by atoms with Crippen LogP contribution in [0.4, 0.5) is 8.78 Å². The second kappa shape index (κ2) is 11.2. The predicted molar refractivity (Wildman–Crippen MR) is 116 cm³/mol. The fourth-order valence-corrected chi connectivity index (χ4v) is 4.18. The molecule has 180 valence electrons. The Morgan fingerprint density at radius 1 is 1.18 bits per heavy atom. The number of carboxylic acid groups (broad SMARTS) is 2. The molecular formula is C21H20F2N4O6S. The molecule has 3 aromatic heterocycles.